The quantitative estimate of drug-likeness (QED) is 0.930. The molecule has 0 aliphatic carbocycles. The van der Waals surface area contributed by atoms with Gasteiger partial charge in [0.25, 0.3) is 0 Å². The Bertz CT molecular complexity index is 479. The van der Waals surface area contributed by atoms with E-state index in [1.165, 1.54) is 11.4 Å². The largest absolute Gasteiger partial charge is 0.354 e. The summed E-state index contributed by atoms with van der Waals surface area (Å²) in [5, 5.41) is 9.62. The summed E-state index contributed by atoms with van der Waals surface area (Å²) in [4.78, 5) is 2.52. The van der Waals surface area contributed by atoms with Crippen LogP contribution in [-0.4, -0.2) is 38.9 Å². The van der Waals surface area contributed by atoms with Crippen molar-refractivity contribution in [2.24, 2.45) is 7.05 Å². The summed E-state index contributed by atoms with van der Waals surface area (Å²) in [7, 11) is 2.07. The molecule has 2 rings (SSSR count). The molecule has 0 radical (unpaired) electrons. The van der Waals surface area contributed by atoms with Gasteiger partial charge in [0.2, 0.25) is 0 Å². The molecule has 0 bridgehead atoms. The number of rotatable bonds is 3. The van der Waals surface area contributed by atoms with Crippen LogP contribution in [0.4, 0.5) is 5.82 Å². The monoisotopic (exact) mass is 310 g/mol. The highest BCUT2D eigenvalue weighted by molar-refractivity contribution is 8.00. The first-order valence-corrected chi connectivity index (χ1v) is 8.79. The molecule has 1 aliphatic rings. The Morgan fingerprint density at radius 1 is 1.24 bits per heavy atom. The first kappa shape index (κ1) is 16.7. The smallest absolute Gasteiger partial charge is 0.131 e. The second kappa shape index (κ2) is 6.21. The molecule has 1 N–H and O–H groups in total. The van der Waals surface area contributed by atoms with Crippen LogP contribution in [0.25, 0.3) is 0 Å². The lowest BCUT2D eigenvalue weighted by molar-refractivity contribution is 0.423. The number of anilines is 1. The normalized spacial score (nSPS) is 23.7. The van der Waals surface area contributed by atoms with Gasteiger partial charge in [-0.05, 0) is 27.7 Å². The Hall–Kier alpha value is -0.680. The molecule has 1 aromatic rings. The topological polar surface area (TPSA) is 33.1 Å². The molecule has 1 aliphatic heterocycles. The minimum absolute atomic E-state index is 0.123. The molecule has 2 unspecified atom stereocenters. The molecule has 2 heterocycles. The van der Waals surface area contributed by atoms with Crippen molar-refractivity contribution in [2.45, 2.75) is 64.1 Å². The summed E-state index contributed by atoms with van der Waals surface area (Å²) in [5.74, 6) is 1.29. The van der Waals surface area contributed by atoms with E-state index in [0.717, 1.165) is 25.3 Å². The Labute approximate surface area is 133 Å². The van der Waals surface area contributed by atoms with E-state index in [0.29, 0.717) is 10.5 Å². The maximum absolute atomic E-state index is 4.67. The van der Waals surface area contributed by atoms with E-state index in [4.69, 9.17) is 0 Å². The van der Waals surface area contributed by atoms with Crippen molar-refractivity contribution < 1.29 is 0 Å². The molecule has 2 atom stereocenters. The Morgan fingerprint density at radius 2 is 1.81 bits per heavy atom. The van der Waals surface area contributed by atoms with E-state index in [1.807, 2.05) is 0 Å². The van der Waals surface area contributed by atoms with Gasteiger partial charge in [0.15, 0.2) is 0 Å². The first-order valence-electron chi connectivity index (χ1n) is 7.85. The molecular formula is C16H30N4S. The van der Waals surface area contributed by atoms with Crippen molar-refractivity contribution in [3.8, 4) is 0 Å². The molecule has 120 valence electrons. The summed E-state index contributed by atoms with van der Waals surface area (Å²) < 4.78 is 2.06. The van der Waals surface area contributed by atoms with Gasteiger partial charge in [-0.2, -0.15) is 16.9 Å². The molecule has 21 heavy (non-hydrogen) atoms. The Balaban J connectivity index is 2.25. The highest BCUT2D eigenvalue weighted by Gasteiger charge is 2.27. The Kier molecular flexibility index (Phi) is 4.93. The van der Waals surface area contributed by atoms with Crippen molar-refractivity contribution in [1.29, 1.82) is 0 Å². The zero-order valence-corrected chi connectivity index (χ0v) is 15.3. The SMILES string of the molecule is Cc1nn(C)c(N2CC(C)SC(C)C2)c1CNC(C)(C)C. The van der Waals surface area contributed by atoms with Crippen molar-refractivity contribution in [1.82, 2.24) is 15.1 Å². The van der Waals surface area contributed by atoms with Crippen LogP contribution in [0.2, 0.25) is 0 Å². The standard InChI is InChI=1S/C16H30N4S/c1-11-9-20(10-12(2)21-11)15-14(8-17-16(4,5)6)13(3)18-19(15)7/h11-12,17H,8-10H2,1-7H3. The fourth-order valence-corrected chi connectivity index (χ4v) is 4.32. The first-order chi connectivity index (χ1) is 9.67. The van der Waals surface area contributed by atoms with E-state index >= 15 is 0 Å². The van der Waals surface area contributed by atoms with Crippen molar-refractivity contribution in [3.05, 3.63) is 11.3 Å². The zero-order valence-electron chi connectivity index (χ0n) is 14.5. The number of aromatic nitrogens is 2. The highest BCUT2D eigenvalue weighted by Crippen LogP contribution is 2.31. The predicted octanol–water partition coefficient (Wildman–Crippen LogP) is 2.95. The lowest BCUT2D eigenvalue weighted by Gasteiger charge is -2.36. The number of hydrogen-bond donors (Lipinski definition) is 1. The van der Waals surface area contributed by atoms with Crippen molar-refractivity contribution in [3.63, 3.8) is 0 Å². The summed E-state index contributed by atoms with van der Waals surface area (Å²) in [6, 6.07) is 0. The van der Waals surface area contributed by atoms with Crippen LogP contribution in [-0.2, 0) is 13.6 Å². The van der Waals surface area contributed by atoms with Gasteiger partial charge in [-0.3, -0.25) is 4.68 Å². The van der Waals surface area contributed by atoms with Crippen molar-refractivity contribution >= 4 is 17.6 Å². The van der Waals surface area contributed by atoms with Gasteiger partial charge in [0.1, 0.15) is 5.82 Å². The van der Waals surface area contributed by atoms with E-state index in [1.54, 1.807) is 0 Å². The minimum Gasteiger partial charge on any atom is -0.354 e. The molecule has 5 heteroatoms. The molecule has 0 amide bonds. The molecule has 4 nitrogen and oxygen atoms in total. The van der Waals surface area contributed by atoms with Crippen LogP contribution < -0.4 is 10.2 Å². The maximum atomic E-state index is 4.67. The number of thioether (sulfide) groups is 1. The zero-order chi connectivity index (χ0) is 15.8. The third-order valence-electron chi connectivity index (χ3n) is 3.83. The number of hydrogen-bond acceptors (Lipinski definition) is 4. The summed E-state index contributed by atoms with van der Waals surface area (Å²) >= 11 is 2.09. The van der Waals surface area contributed by atoms with Gasteiger partial charge in [-0.15, -0.1) is 0 Å². The van der Waals surface area contributed by atoms with Gasteiger partial charge >= 0.3 is 0 Å². The predicted molar refractivity (Wildman–Crippen MR) is 93.3 cm³/mol. The second-order valence-electron chi connectivity index (χ2n) is 7.28. The van der Waals surface area contributed by atoms with E-state index < -0.39 is 0 Å². The van der Waals surface area contributed by atoms with Gasteiger partial charge < -0.3 is 10.2 Å². The van der Waals surface area contributed by atoms with E-state index in [-0.39, 0.29) is 5.54 Å². The van der Waals surface area contributed by atoms with E-state index in [9.17, 15) is 0 Å². The van der Waals surface area contributed by atoms with Gasteiger partial charge in [0.05, 0.1) is 5.69 Å². The number of nitrogens with zero attached hydrogens (tertiary/aromatic N) is 3. The minimum atomic E-state index is 0.123. The molecule has 0 spiro atoms. The van der Waals surface area contributed by atoms with Crippen LogP contribution in [0.1, 0.15) is 45.9 Å². The highest BCUT2D eigenvalue weighted by atomic mass is 32.2. The Morgan fingerprint density at radius 3 is 2.33 bits per heavy atom. The van der Waals surface area contributed by atoms with Crippen LogP contribution in [0.15, 0.2) is 0 Å². The third kappa shape index (κ3) is 4.16. The molecule has 1 fully saturated rings. The van der Waals surface area contributed by atoms with Crippen LogP contribution >= 0.6 is 11.8 Å². The average molecular weight is 311 g/mol. The number of nitrogens with one attached hydrogen (secondary N) is 1. The van der Waals surface area contributed by atoms with Crippen LogP contribution in [0.5, 0.6) is 0 Å². The summed E-state index contributed by atoms with van der Waals surface area (Å²) in [5.41, 5.74) is 2.61. The lowest BCUT2D eigenvalue weighted by atomic mass is 10.1. The third-order valence-corrected chi connectivity index (χ3v) is 5.06. The van der Waals surface area contributed by atoms with Gasteiger partial charge in [-0.1, -0.05) is 13.8 Å². The van der Waals surface area contributed by atoms with Gasteiger partial charge in [-0.25, -0.2) is 0 Å². The average Bonchev–Trinajstić information content (AvgIpc) is 2.58. The lowest BCUT2D eigenvalue weighted by Crippen LogP contribution is -2.42. The van der Waals surface area contributed by atoms with Crippen LogP contribution in [0, 0.1) is 6.92 Å². The van der Waals surface area contributed by atoms with E-state index in [2.05, 4.69) is 80.3 Å². The molecular weight excluding hydrogens is 280 g/mol. The maximum Gasteiger partial charge on any atom is 0.131 e. The van der Waals surface area contributed by atoms with Crippen LogP contribution in [0.3, 0.4) is 0 Å². The second-order valence-corrected chi connectivity index (χ2v) is 9.16. The summed E-state index contributed by atoms with van der Waals surface area (Å²) in [6.07, 6.45) is 0. The number of aryl methyl sites for hydroxylation is 2. The van der Waals surface area contributed by atoms with Gasteiger partial charge in [0, 0.05) is 48.3 Å². The fourth-order valence-electron chi connectivity index (χ4n) is 3.00. The van der Waals surface area contributed by atoms with Crippen molar-refractivity contribution in [2.75, 3.05) is 18.0 Å². The molecule has 1 saturated heterocycles. The molecule has 0 saturated carbocycles. The molecule has 1 aromatic heterocycles. The molecule has 0 aromatic carbocycles. The summed E-state index contributed by atoms with van der Waals surface area (Å²) in [6.45, 7) is 16.5. The fraction of sp³-hybridized carbons (Fsp3) is 0.812.